The van der Waals surface area contributed by atoms with E-state index in [1.165, 1.54) is 30.4 Å². The molecule has 5 nitrogen and oxygen atoms in total. The van der Waals surface area contributed by atoms with Gasteiger partial charge in [0.25, 0.3) is 0 Å². The first-order valence-corrected chi connectivity index (χ1v) is 11.8. The summed E-state index contributed by atoms with van der Waals surface area (Å²) in [6.07, 6.45) is 0.0606. The number of nitrogens with zero attached hydrogens (tertiary/aromatic N) is 2. The van der Waals surface area contributed by atoms with Gasteiger partial charge >= 0.3 is 0 Å². The second kappa shape index (κ2) is 10.9. The average molecular weight is 474 g/mol. The molecular formula is C27H24FN3O2S. The van der Waals surface area contributed by atoms with Crippen LogP contribution in [-0.4, -0.2) is 16.8 Å². The second-order valence-corrected chi connectivity index (χ2v) is 8.69. The van der Waals surface area contributed by atoms with Crippen LogP contribution in [0, 0.1) is 5.82 Å². The van der Waals surface area contributed by atoms with Crippen molar-refractivity contribution in [3.63, 3.8) is 0 Å². The first-order valence-electron chi connectivity index (χ1n) is 10.9. The van der Waals surface area contributed by atoms with E-state index in [1.807, 2.05) is 66.0 Å². The minimum atomic E-state index is -0.476. The number of hydrogen-bond acceptors (Lipinski definition) is 4. The van der Waals surface area contributed by atoms with Crippen molar-refractivity contribution in [2.75, 3.05) is 4.90 Å². The number of rotatable bonds is 8. The fourth-order valence-corrected chi connectivity index (χ4v) is 4.48. The van der Waals surface area contributed by atoms with Crippen molar-refractivity contribution >= 4 is 28.3 Å². The van der Waals surface area contributed by atoms with Gasteiger partial charge in [0, 0.05) is 17.9 Å². The Morgan fingerprint density at radius 1 is 0.971 bits per heavy atom. The SMILES string of the molecule is CC(=O)N[C@H](CC(=O)N(Cc1ccc(F)cc1)c1nc(-c2ccccc2)cs1)c1ccccc1. The molecule has 0 unspecified atom stereocenters. The van der Waals surface area contributed by atoms with Gasteiger partial charge in [0.05, 0.1) is 24.7 Å². The zero-order chi connectivity index (χ0) is 23.9. The van der Waals surface area contributed by atoms with Crippen LogP contribution in [-0.2, 0) is 16.1 Å². The summed E-state index contributed by atoms with van der Waals surface area (Å²) in [7, 11) is 0. The minimum Gasteiger partial charge on any atom is -0.349 e. The maximum atomic E-state index is 13.6. The standard InChI is InChI=1S/C27H24FN3O2S/c1-19(32)29-24(21-8-4-2-5-9-21)16-26(33)31(17-20-12-14-23(28)15-13-20)27-30-25(18-34-27)22-10-6-3-7-11-22/h2-15,18,24H,16-17H2,1H3,(H,29,32)/t24-/m1/s1. The Balaban J connectivity index is 1.64. The molecule has 0 radical (unpaired) electrons. The highest BCUT2D eigenvalue weighted by Gasteiger charge is 2.25. The van der Waals surface area contributed by atoms with Gasteiger partial charge in [0.2, 0.25) is 11.8 Å². The molecular weight excluding hydrogens is 449 g/mol. The third-order valence-corrected chi connectivity index (χ3v) is 6.17. The number of aromatic nitrogens is 1. The highest BCUT2D eigenvalue weighted by Crippen LogP contribution is 2.30. The molecule has 0 saturated heterocycles. The van der Waals surface area contributed by atoms with Gasteiger partial charge in [0.15, 0.2) is 5.13 Å². The highest BCUT2D eigenvalue weighted by atomic mass is 32.1. The molecule has 1 aromatic heterocycles. The molecule has 4 rings (SSSR count). The number of carbonyl (C=O) groups is 2. The summed E-state index contributed by atoms with van der Waals surface area (Å²) in [6, 6.07) is 24.7. The summed E-state index contributed by atoms with van der Waals surface area (Å²) in [5.41, 5.74) is 3.36. The summed E-state index contributed by atoms with van der Waals surface area (Å²) in [4.78, 5) is 31.8. The van der Waals surface area contributed by atoms with Gasteiger partial charge in [-0.25, -0.2) is 9.37 Å². The number of thiazole rings is 1. The zero-order valence-electron chi connectivity index (χ0n) is 18.6. The summed E-state index contributed by atoms with van der Waals surface area (Å²) in [5.74, 6) is -0.745. The van der Waals surface area contributed by atoms with Crippen molar-refractivity contribution in [1.82, 2.24) is 10.3 Å². The molecule has 34 heavy (non-hydrogen) atoms. The van der Waals surface area contributed by atoms with E-state index in [0.29, 0.717) is 5.13 Å². The Hall–Kier alpha value is -3.84. The summed E-state index contributed by atoms with van der Waals surface area (Å²) >= 11 is 1.37. The molecule has 0 aliphatic carbocycles. The predicted octanol–water partition coefficient (Wildman–Crippen LogP) is 5.75. The van der Waals surface area contributed by atoms with E-state index in [4.69, 9.17) is 4.98 Å². The Morgan fingerprint density at radius 3 is 2.26 bits per heavy atom. The van der Waals surface area contributed by atoms with Crippen molar-refractivity contribution in [1.29, 1.82) is 0 Å². The fraction of sp³-hybridized carbons (Fsp3) is 0.148. The molecule has 7 heteroatoms. The van der Waals surface area contributed by atoms with E-state index in [0.717, 1.165) is 22.4 Å². The number of halogens is 1. The topological polar surface area (TPSA) is 62.3 Å². The predicted molar refractivity (Wildman–Crippen MR) is 133 cm³/mol. The lowest BCUT2D eigenvalue weighted by Gasteiger charge is -2.24. The molecule has 1 heterocycles. The van der Waals surface area contributed by atoms with Crippen LogP contribution >= 0.6 is 11.3 Å². The molecule has 1 N–H and O–H groups in total. The Morgan fingerprint density at radius 2 is 1.62 bits per heavy atom. The fourth-order valence-electron chi connectivity index (χ4n) is 3.63. The first kappa shape index (κ1) is 23.3. The van der Waals surface area contributed by atoms with E-state index >= 15 is 0 Å². The van der Waals surface area contributed by atoms with Crippen LogP contribution in [0.4, 0.5) is 9.52 Å². The third-order valence-electron chi connectivity index (χ3n) is 5.31. The second-order valence-electron chi connectivity index (χ2n) is 7.86. The first-order chi connectivity index (χ1) is 16.5. The van der Waals surface area contributed by atoms with Crippen LogP contribution in [0.2, 0.25) is 0 Å². The molecule has 0 aliphatic heterocycles. The van der Waals surface area contributed by atoms with Crippen LogP contribution in [0.1, 0.15) is 30.5 Å². The van der Waals surface area contributed by atoms with Crippen molar-refractivity contribution in [2.45, 2.75) is 25.9 Å². The smallest absolute Gasteiger partial charge is 0.231 e. The summed E-state index contributed by atoms with van der Waals surface area (Å²) < 4.78 is 13.4. The monoisotopic (exact) mass is 473 g/mol. The number of carbonyl (C=O) groups excluding carboxylic acids is 2. The zero-order valence-corrected chi connectivity index (χ0v) is 19.5. The molecule has 0 bridgehead atoms. The Kier molecular flexibility index (Phi) is 7.44. The maximum absolute atomic E-state index is 13.6. The number of hydrogen-bond donors (Lipinski definition) is 1. The quantitative estimate of drug-likeness (QED) is 0.354. The molecule has 172 valence electrons. The van der Waals surface area contributed by atoms with E-state index in [-0.39, 0.29) is 30.6 Å². The molecule has 3 aromatic carbocycles. The molecule has 0 saturated carbocycles. The number of nitrogens with one attached hydrogen (secondary N) is 1. The van der Waals surface area contributed by atoms with Crippen molar-refractivity contribution < 1.29 is 14.0 Å². The van der Waals surface area contributed by atoms with Crippen LogP contribution in [0.5, 0.6) is 0 Å². The van der Waals surface area contributed by atoms with Gasteiger partial charge in [-0.2, -0.15) is 0 Å². The molecule has 4 aromatic rings. The van der Waals surface area contributed by atoms with E-state index in [9.17, 15) is 14.0 Å². The van der Waals surface area contributed by atoms with E-state index in [1.54, 1.807) is 17.0 Å². The minimum absolute atomic E-state index is 0.0606. The van der Waals surface area contributed by atoms with Crippen molar-refractivity contribution in [2.24, 2.45) is 0 Å². The Labute approximate surface area is 201 Å². The van der Waals surface area contributed by atoms with Gasteiger partial charge < -0.3 is 5.32 Å². The van der Waals surface area contributed by atoms with Crippen molar-refractivity contribution in [3.05, 3.63) is 107 Å². The van der Waals surface area contributed by atoms with Gasteiger partial charge in [-0.1, -0.05) is 72.8 Å². The Bertz CT molecular complexity index is 1240. The van der Waals surface area contributed by atoms with Crippen molar-refractivity contribution in [3.8, 4) is 11.3 Å². The molecule has 1 atom stereocenters. The summed E-state index contributed by atoms with van der Waals surface area (Å²) in [5, 5.41) is 5.34. The van der Waals surface area contributed by atoms with E-state index < -0.39 is 6.04 Å². The normalized spacial score (nSPS) is 11.6. The largest absolute Gasteiger partial charge is 0.349 e. The van der Waals surface area contributed by atoms with Crippen LogP contribution in [0.15, 0.2) is 90.3 Å². The van der Waals surface area contributed by atoms with Gasteiger partial charge in [-0.05, 0) is 23.3 Å². The van der Waals surface area contributed by atoms with Gasteiger partial charge in [-0.3, -0.25) is 14.5 Å². The highest BCUT2D eigenvalue weighted by molar-refractivity contribution is 7.14. The number of amides is 2. The van der Waals surface area contributed by atoms with Crippen LogP contribution in [0.25, 0.3) is 11.3 Å². The lowest BCUT2D eigenvalue weighted by Crippen LogP contribution is -2.35. The molecule has 0 fully saturated rings. The summed E-state index contributed by atoms with van der Waals surface area (Å²) in [6.45, 7) is 1.67. The molecule has 2 amide bonds. The molecule has 0 spiro atoms. The maximum Gasteiger partial charge on any atom is 0.231 e. The van der Waals surface area contributed by atoms with Crippen LogP contribution < -0.4 is 10.2 Å². The lowest BCUT2D eigenvalue weighted by atomic mass is 10.0. The molecule has 0 aliphatic rings. The lowest BCUT2D eigenvalue weighted by molar-refractivity contribution is -0.121. The number of anilines is 1. The van der Waals surface area contributed by atoms with Crippen LogP contribution in [0.3, 0.4) is 0 Å². The average Bonchev–Trinajstić information content (AvgIpc) is 3.34. The third kappa shape index (κ3) is 5.94. The van der Waals surface area contributed by atoms with E-state index in [2.05, 4.69) is 5.32 Å². The van der Waals surface area contributed by atoms with Gasteiger partial charge in [0.1, 0.15) is 5.82 Å². The van der Waals surface area contributed by atoms with Gasteiger partial charge in [-0.15, -0.1) is 11.3 Å². The number of benzene rings is 3.